The summed E-state index contributed by atoms with van der Waals surface area (Å²) in [5.74, 6) is 1.71. The van der Waals surface area contributed by atoms with Gasteiger partial charge in [-0.3, -0.25) is 5.41 Å². The average molecular weight is 272 g/mol. The molecule has 3 rings (SSSR count). The Morgan fingerprint density at radius 3 is 2.90 bits per heavy atom. The number of nitrogens with two attached hydrogens (primary N) is 1. The minimum atomic E-state index is 0.150. The van der Waals surface area contributed by atoms with E-state index in [0.29, 0.717) is 12.0 Å². The Kier molecular flexibility index (Phi) is 3.40. The molecule has 1 fully saturated rings. The topological polar surface area (TPSA) is 66.0 Å². The maximum Gasteiger partial charge on any atom is 0.140 e. The molecule has 1 aromatic rings. The Morgan fingerprint density at radius 1 is 1.40 bits per heavy atom. The van der Waals surface area contributed by atoms with Crippen LogP contribution in [0.25, 0.3) is 0 Å². The van der Waals surface area contributed by atoms with Crippen molar-refractivity contribution < 1.29 is 0 Å². The van der Waals surface area contributed by atoms with Gasteiger partial charge in [0.1, 0.15) is 11.7 Å². The summed E-state index contributed by atoms with van der Waals surface area (Å²) in [6.45, 7) is 5.57. The summed E-state index contributed by atoms with van der Waals surface area (Å²) in [4.78, 5) is 7.28. The van der Waals surface area contributed by atoms with Gasteiger partial charge in [-0.25, -0.2) is 4.98 Å². The van der Waals surface area contributed by atoms with E-state index in [1.807, 2.05) is 0 Å². The van der Waals surface area contributed by atoms with Crippen molar-refractivity contribution in [2.75, 3.05) is 11.4 Å². The van der Waals surface area contributed by atoms with E-state index in [1.165, 1.54) is 30.5 Å². The quantitative estimate of drug-likeness (QED) is 0.656. The van der Waals surface area contributed by atoms with Gasteiger partial charge in [-0.2, -0.15) is 0 Å². The van der Waals surface area contributed by atoms with Crippen LogP contribution in [0.5, 0.6) is 0 Å². The van der Waals surface area contributed by atoms with Crippen molar-refractivity contribution in [2.45, 2.75) is 52.0 Å². The zero-order chi connectivity index (χ0) is 14.3. The zero-order valence-electron chi connectivity index (χ0n) is 12.4. The lowest BCUT2D eigenvalue weighted by Gasteiger charge is -2.30. The molecule has 0 spiro atoms. The third-order valence-electron chi connectivity index (χ3n) is 4.66. The summed E-state index contributed by atoms with van der Waals surface area (Å²) in [5.41, 5.74) is 9.16. The molecule has 20 heavy (non-hydrogen) atoms. The molecule has 2 heterocycles. The number of nitrogens with zero attached hydrogens (tertiary/aromatic N) is 2. The molecule has 1 saturated heterocycles. The fourth-order valence-corrected chi connectivity index (χ4v) is 3.63. The van der Waals surface area contributed by atoms with Crippen molar-refractivity contribution in [3.8, 4) is 0 Å². The molecule has 0 bridgehead atoms. The van der Waals surface area contributed by atoms with Gasteiger partial charge in [0, 0.05) is 18.3 Å². The van der Waals surface area contributed by atoms with Crippen molar-refractivity contribution in [2.24, 2.45) is 11.7 Å². The normalized spacial score (nSPS) is 21.6. The van der Waals surface area contributed by atoms with Gasteiger partial charge in [0.15, 0.2) is 0 Å². The van der Waals surface area contributed by atoms with E-state index in [-0.39, 0.29) is 5.84 Å². The molecule has 1 aliphatic heterocycles. The number of hydrogen-bond acceptors (Lipinski definition) is 3. The number of hydrogen-bond donors (Lipinski definition) is 2. The van der Waals surface area contributed by atoms with Gasteiger partial charge in [0.2, 0.25) is 0 Å². The second-order valence-electron chi connectivity index (χ2n) is 6.38. The molecule has 0 saturated carbocycles. The fraction of sp³-hybridized carbons (Fsp3) is 0.625. The van der Waals surface area contributed by atoms with Gasteiger partial charge in [-0.05, 0) is 49.7 Å². The van der Waals surface area contributed by atoms with Gasteiger partial charge in [0.25, 0.3) is 0 Å². The third-order valence-corrected chi connectivity index (χ3v) is 4.66. The van der Waals surface area contributed by atoms with Crippen LogP contribution in [0.4, 0.5) is 5.82 Å². The Labute approximate surface area is 120 Å². The predicted octanol–water partition coefficient (Wildman–Crippen LogP) is 2.48. The molecular formula is C16H24N4. The van der Waals surface area contributed by atoms with E-state index in [2.05, 4.69) is 24.8 Å². The van der Waals surface area contributed by atoms with Crippen LogP contribution in [-0.2, 0) is 12.8 Å². The largest absolute Gasteiger partial charge is 0.384 e. The first-order chi connectivity index (χ1) is 9.58. The zero-order valence-corrected chi connectivity index (χ0v) is 12.4. The number of aryl methyl sites for hydroxylation is 2. The van der Waals surface area contributed by atoms with Crippen molar-refractivity contribution >= 4 is 11.7 Å². The van der Waals surface area contributed by atoms with Gasteiger partial charge in [0.05, 0.1) is 5.56 Å². The summed E-state index contributed by atoms with van der Waals surface area (Å²) in [7, 11) is 0. The third kappa shape index (κ3) is 2.17. The molecule has 0 amide bonds. The minimum Gasteiger partial charge on any atom is -0.384 e. The lowest BCUT2D eigenvalue weighted by molar-refractivity contribution is 0.489. The van der Waals surface area contributed by atoms with E-state index >= 15 is 0 Å². The summed E-state index contributed by atoms with van der Waals surface area (Å²) in [6.07, 6.45) is 5.75. The highest BCUT2D eigenvalue weighted by molar-refractivity contribution is 6.00. The van der Waals surface area contributed by atoms with E-state index in [1.54, 1.807) is 0 Å². The Morgan fingerprint density at radius 2 is 2.20 bits per heavy atom. The van der Waals surface area contributed by atoms with Gasteiger partial charge < -0.3 is 10.6 Å². The molecule has 0 radical (unpaired) electrons. The lowest BCUT2D eigenvalue weighted by atomic mass is 10.0. The first-order valence-corrected chi connectivity index (χ1v) is 7.71. The number of nitrogen functional groups attached to an aromatic ring is 1. The molecule has 2 aliphatic rings. The molecule has 4 heteroatoms. The van der Waals surface area contributed by atoms with Crippen LogP contribution >= 0.6 is 0 Å². The van der Waals surface area contributed by atoms with Crippen LogP contribution in [0, 0.1) is 11.3 Å². The predicted molar refractivity (Wildman–Crippen MR) is 82.5 cm³/mol. The molecule has 4 nitrogen and oxygen atoms in total. The number of amidine groups is 1. The van der Waals surface area contributed by atoms with Crippen molar-refractivity contribution in [1.82, 2.24) is 4.98 Å². The van der Waals surface area contributed by atoms with Crippen molar-refractivity contribution in [3.05, 3.63) is 22.9 Å². The fourth-order valence-electron chi connectivity index (χ4n) is 3.63. The average Bonchev–Trinajstić information content (AvgIpc) is 3.05. The second kappa shape index (κ2) is 5.08. The lowest BCUT2D eigenvalue weighted by Crippen LogP contribution is -2.36. The Balaban J connectivity index is 2.05. The summed E-state index contributed by atoms with van der Waals surface area (Å²) < 4.78 is 0. The summed E-state index contributed by atoms with van der Waals surface area (Å²) in [5, 5.41) is 7.89. The molecule has 1 aromatic heterocycles. The molecule has 3 N–H and O–H groups in total. The number of aromatic nitrogens is 1. The first-order valence-electron chi connectivity index (χ1n) is 7.71. The number of fused-ring (bicyclic) bond motifs is 1. The Bertz CT molecular complexity index is 536. The van der Waals surface area contributed by atoms with E-state index < -0.39 is 0 Å². The monoisotopic (exact) mass is 272 g/mol. The first kappa shape index (κ1) is 13.4. The van der Waals surface area contributed by atoms with Gasteiger partial charge >= 0.3 is 0 Å². The number of pyridine rings is 1. The standard InChI is InChI=1S/C16H24N4/c1-10(2)14-7-4-8-20(14)16-12(15(17)18)9-11-5-3-6-13(11)19-16/h9-10,14H,3-8H2,1-2H3,(H3,17,18). The number of rotatable bonds is 3. The SMILES string of the molecule is CC(C)C1CCCN1c1nc2c(cc1C(=N)N)CCC2. The van der Waals surface area contributed by atoms with Crippen molar-refractivity contribution in [1.29, 1.82) is 5.41 Å². The number of anilines is 1. The van der Waals surface area contributed by atoms with Crippen LogP contribution in [0.1, 0.15) is 49.9 Å². The molecule has 0 aromatic carbocycles. The maximum atomic E-state index is 7.89. The van der Waals surface area contributed by atoms with E-state index in [4.69, 9.17) is 16.1 Å². The maximum absolute atomic E-state index is 7.89. The van der Waals surface area contributed by atoms with Crippen molar-refractivity contribution in [3.63, 3.8) is 0 Å². The van der Waals surface area contributed by atoms with Crippen LogP contribution in [0.2, 0.25) is 0 Å². The molecule has 1 unspecified atom stereocenters. The van der Waals surface area contributed by atoms with Gasteiger partial charge in [-0.1, -0.05) is 13.8 Å². The highest BCUT2D eigenvalue weighted by Crippen LogP contribution is 2.33. The van der Waals surface area contributed by atoms with E-state index in [0.717, 1.165) is 30.8 Å². The number of nitrogens with one attached hydrogen (secondary N) is 1. The smallest absolute Gasteiger partial charge is 0.140 e. The Hall–Kier alpha value is -1.58. The summed E-state index contributed by atoms with van der Waals surface area (Å²) in [6, 6.07) is 2.64. The van der Waals surface area contributed by atoms with Crippen LogP contribution in [0.15, 0.2) is 6.07 Å². The van der Waals surface area contributed by atoms with Crippen LogP contribution < -0.4 is 10.6 Å². The molecule has 1 aliphatic carbocycles. The molecule has 1 atom stereocenters. The highest BCUT2D eigenvalue weighted by atomic mass is 15.2. The second-order valence-corrected chi connectivity index (χ2v) is 6.38. The van der Waals surface area contributed by atoms with Crippen LogP contribution in [-0.4, -0.2) is 23.4 Å². The van der Waals surface area contributed by atoms with Crippen LogP contribution in [0.3, 0.4) is 0 Å². The minimum absolute atomic E-state index is 0.150. The molecule has 108 valence electrons. The summed E-state index contributed by atoms with van der Waals surface area (Å²) >= 11 is 0. The van der Waals surface area contributed by atoms with Gasteiger partial charge in [-0.15, -0.1) is 0 Å². The highest BCUT2D eigenvalue weighted by Gasteiger charge is 2.31. The van der Waals surface area contributed by atoms with E-state index in [9.17, 15) is 0 Å². The molecular weight excluding hydrogens is 248 g/mol.